The molecule has 0 radical (unpaired) electrons. The number of carbonyl (C=O) groups is 1. The number of amides is 1. The van der Waals surface area contributed by atoms with Crippen LogP contribution in [0.1, 0.15) is 43.0 Å². The Morgan fingerprint density at radius 1 is 1.55 bits per heavy atom. The number of nitrogens with two attached hydrogens (primary N) is 1. The van der Waals surface area contributed by atoms with E-state index in [0.717, 1.165) is 37.8 Å². The van der Waals surface area contributed by atoms with Crippen molar-refractivity contribution in [3.05, 3.63) is 22.9 Å². The normalized spacial score (nSPS) is 12.8. The molecule has 0 saturated heterocycles. The fourth-order valence-corrected chi connectivity index (χ4v) is 2.58. The number of fused-ring (bicyclic) bond motifs is 1. The molecule has 1 heterocycles. The summed E-state index contributed by atoms with van der Waals surface area (Å²) in [5.74, 6) is 0.215. The first-order chi connectivity index (χ1) is 9.65. The van der Waals surface area contributed by atoms with E-state index in [9.17, 15) is 10.1 Å². The van der Waals surface area contributed by atoms with Gasteiger partial charge in [0.2, 0.25) is 5.91 Å². The lowest BCUT2D eigenvalue weighted by Crippen LogP contribution is -2.35. The highest BCUT2D eigenvalue weighted by Crippen LogP contribution is 2.27. The molecule has 0 aromatic carbocycles. The molecule has 0 unspecified atom stereocenters. The first-order valence-corrected chi connectivity index (χ1v) is 7.11. The van der Waals surface area contributed by atoms with Crippen LogP contribution in [-0.4, -0.2) is 24.0 Å². The zero-order valence-corrected chi connectivity index (χ0v) is 11.9. The fraction of sp³-hybridized carbons (Fsp3) is 0.533. The first-order valence-electron chi connectivity index (χ1n) is 7.11. The molecule has 106 valence electrons. The van der Waals surface area contributed by atoms with Crippen LogP contribution in [0.25, 0.3) is 0 Å². The van der Waals surface area contributed by atoms with Crippen molar-refractivity contribution < 1.29 is 4.79 Å². The zero-order chi connectivity index (χ0) is 14.5. The Morgan fingerprint density at radius 2 is 2.35 bits per heavy atom. The van der Waals surface area contributed by atoms with E-state index in [-0.39, 0.29) is 6.54 Å². The largest absolute Gasteiger partial charge is 0.368 e. The Kier molecular flexibility index (Phi) is 4.57. The summed E-state index contributed by atoms with van der Waals surface area (Å²) in [7, 11) is 0. The molecule has 1 aliphatic rings. The third kappa shape index (κ3) is 3.08. The second-order valence-electron chi connectivity index (χ2n) is 5.17. The standard InChI is InChI=1S/C15H20N4O/c1-2-3-7-19(10-14(17)20)15-12(9-16)8-11-5-4-6-13(11)18-15/h8H,2-7,10H2,1H3,(H2,17,20). The van der Waals surface area contributed by atoms with E-state index in [1.807, 2.05) is 11.0 Å². The van der Waals surface area contributed by atoms with Crippen LogP contribution in [0.4, 0.5) is 5.82 Å². The van der Waals surface area contributed by atoms with Gasteiger partial charge in [-0.05, 0) is 37.3 Å². The molecule has 0 bridgehead atoms. The summed E-state index contributed by atoms with van der Waals surface area (Å²) in [5.41, 5.74) is 8.09. The van der Waals surface area contributed by atoms with Gasteiger partial charge in [0.15, 0.2) is 0 Å². The highest BCUT2D eigenvalue weighted by molar-refractivity contribution is 5.79. The minimum Gasteiger partial charge on any atom is -0.368 e. The quantitative estimate of drug-likeness (QED) is 0.851. The summed E-state index contributed by atoms with van der Waals surface area (Å²) < 4.78 is 0. The summed E-state index contributed by atoms with van der Waals surface area (Å²) in [6, 6.07) is 4.12. The predicted octanol–water partition coefficient (Wildman–Crippen LogP) is 1.53. The van der Waals surface area contributed by atoms with Crippen molar-refractivity contribution in [1.82, 2.24) is 4.98 Å². The summed E-state index contributed by atoms with van der Waals surface area (Å²) >= 11 is 0. The second-order valence-corrected chi connectivity index (χ2v) is 5.17. The second kappa shape index (κ2) is 6.38. The molecule has 5 heteroatoms. The molecule has 1 aliphatic carbocycles. The van der Waals surface area contributed by atoms with Gasteiger partial charge < -0.3 is 10.6 Å². The highest BCUT2D eigenvalue weighted by atomic mass is 16.1. The molecule has 1 aromatic heterocycles. The van der Waals surface area contributed by atoms with Gasteiger partial charge in [-0.1, -0.05) is 13.3 Å². The third-order valence-electron chi connectivity index (χ3n) is 3.58. The fourth-order valence-electron chi connectivity index (χ4n) is 2.58. The summed E-state index contributed by atoms with van der Waals surface area (Å²) in [6.07, 6.45) is 4.98. The lowest BCUT2D eigenvalue weighted by atomic mass is 10.1. The molecular formula is C15H20N4O. The Labute approximate surface area is 119 Å². The van der Waals surface area contributed by atoms with Gasteiger partial charge in [0.05, 0.1) is 12.1 Å². The molecule has 0 aliphatic heterocycles. The molecule has 0 saturated carbocycles. The topological polar surface area (TPSA) is 83.0 Å². The molecule has 0 atom stereocenters. The van der Waals surface area contributed by atoms with Crippen LogP contribution >= 0.6 is 0 Å². The molecule has 1 amide bonds. The molecule has 0 spiro atoms. The molecule has 0 fully saturated rings. The summed E-state index contributed by atoms with van der Waals surface area (Å²) in [6.45, 7) is 2.89. The number of rotatable bonds is 6. The van der Waals surface area contributed by atoms with Crippen molar-refractivity contribution in [3.63, 3.8) is 0 Å². The Morgan fingerprint density at radius 3 is 3.00 bits per heavy atom. The lowest BCUT2D eigenvalue weighted by molar-refractivity contribution is -0.116. The zero-order valence-electron chi connectivity index (χ0n) is 11.9. The van der Waals surface area contributed by atoms with E-state index in [0.29, 0.717) is 17.9 Å². The van der Waals surface area contributed by atoms with E-state index >= 15 is 0 Å². The van der Waals surface area contributed by atoms with Crippen molar-refractivity contribution in [2.24, 2.45) is 5.73 Å². The molecule has 2 N–H and O–H groups in total. The van der Waals surface area contributed by atoms with Crippen LogP contribution in [0.3, 0.4) is 0 Å². The van der Waals surface area contributed by atoms with Crippen molar-refractivity contribution in [3.8, 4) is 6.07 Å². The van der Waals surface area contributed by atoms with E-state index in [2.05, 4.69) is 18.0 Å². The predicted molar refractivity (Wildman–Crippen MR) is 77.3 cm³/mol. The third-order valence-corrected chi connectivity index (χ3v) is 3.58. The number of nitrogens with zero attached hydrogens (tertiary/aromatic N) is 3. The molecule has 2 rings (SSSR count). The van der Waals surface area contributed by atoms with Crippen molar-refractivity contribution >= 4 is 11.7 Å². The van der Waals surface area contributed by atoms with E-state index in [1.54, 1.807) is 0 Å². The van der Waals surface area contributed by atoms with Gasteiger partial charge in [-0.3, -0.25) is 4.79 Å². The Bertz CT molecular complexity index is 548. The Hall–Kier alpha value is -2.09. The van der Waals surface area contributed by atoms with Gasteiger partial charge in [0, 0.05) is 12.2 Å². The van der Waals surface area contributed by atoms with Crippen LogP contribution in [0.5, 0.6) is 0 Å². The van der Waals surface area contributed by atoms with Crippen LogP contribution in [-0.2, 0) is 17.6 Å². The van der Waals surface area contributed by atoms with Gasteiger partial charge in [-0.15, -0.1) is 0 Å². The van der Waals surface area contributed by atoms with E-state index < -0.39 is 5.91 Å². The number of anilines is 1. The average molecular weight is 272 g/mol. The SMILES string of the molecule is CCCCN(CC(N)=O)c1nc2c(cc1C#N)CCC2. The van der Waals surface area contributed by atoms with Crippen molar-refractivity contribution in [1.29, 1.82) is 5.26 Å². The number of hydrogen-bond acceptors (Lipinski definition) is 4. The van der Waals surface area contributed by atoms with Gasteiger partial charge in [-0.25, -0.2) is 4.98 Å². The van der Waals surface area contributed by atoms with Gasteiger partial charge in [0.1, 0.15) is 11.9 Å². The van der Waals surface area contributed by atoms with Gasteiger partial charge >= 0.3 is 0 Å². The number of pyridine rings is 1. The molecular weight excluding hydrogens is 252 g/mol. The molecule has 5 nitrogen and oxygen atoms in total. The van der Waals surface area contributed by atoms with Crippen LogP contribution in [0, 0.1) is 11.3 Å². The number of primary amides is 1. The maximum atomic E-state index is 11.2. The molecule has 1 aromatic rings. The van der Waals surface area contributed by atoms with Crippen LogP contribution in [0.15, 0.2) is 6.07 Å². The number of nitriles is 1. The minimum atomic E-state index is -0.396. The first kappa shape index (κ1) is 14.3. The number of carbonyl (C=O) groups excluding carboxylic acids is 1. The monoisotopic (exact) mass is 272 g/mol. The van der Waals surface area contributed by atoms with Crippen LogP contribution < -0.4 is 10.6 Å². The van der Waals surface area contributed by atoms with Gasteiger partial charge in [-0.2, -0.15) is 5.26 Å². The van der Waals surface area contributed by atoms with Crippen molar-refractivity contribution in [2.75, 3.05) is 18.0 Å². The summed E-state index contributed by atoms with van der Waals surface area (Å²) in [5, 5.41) is 9.33. The number of aromatic nitrogens is 1. The Balaban J connectivity index is 2.36. The van der Waals surface area contributed by atoms with Crippen molar-refractivity contribution in [2.45, 2.75) is 39.0 Å². The average Bonchev–Trinajstić information content (AvgIpc) is 2.88. The maximum absolute atomic E-state index is 11.2. The number of aryl methyl sites for hydroxylation is 2. The lowest BCUT2D eigenvalue weighted by Gasteiger charge is -2.23. The minimum absolute atomic E-state index is 0.112. The summed E-state index contributed by atoms with van der Waals surface area (Å²) in [4.78, 5) is 17.7. The van der Waals surface area contributed by atoms with Crippen LogP contribution in [0.2, 0.25) is 0 Å². The number of hydrogen-bond donors (Lipinski definition) is 1. The van der Waals surface area contributed by atoms with Gasteiger partial charge in [0.25, 0.3) is 0 Å². The van der Waals surface area contributed by atoms with E-state index in [4.69, 9.17) is 5.73 Å². The maximum Gasteiger partial charge on any atom is 0.236 e. The molecule has 20 heavy (non-hydrogen) atoms. The smallest absolute Gasteiger partial charge is 0.236 e. The number of unbranched alkanes of at least 4 members (excludes halogenated alkanes) is 1. The highest BCUT2D eigenvalue weighted by Gasteiger charge is 2.20. The van der Waals surface area contributed by atoms with E-state index in [1.165, 1.54) is 5.56 Å².